The van der Waals surface area contributed by atoms with E-state index in [9.17, 15) is 4.79 Å². The van der Waals surface area contributed by atoms with E-state index >= 15 is 4.39 Å². The summed E-state index contributed by atoms with van der Waals surface area (Å²) in [5, 5.41) is 0. The summed E-state index contributed by atoms with van der Waals surface area (Å²) in [6.45, 7) is 5.11. The van der Waals surface area contributed by atoms with E-state index in [1.807, 2.05) is 6.07 Å². The van der Waals surface area contributed by atoms with Gasteiger partial charge in [0, 0.05) is 16.9 Å². The number of ether oxygens (including phenoxy) is 2. The molecule has 3 aromatic carbocycles. The Morgan fingerprint density at radius 1 is 0.923 bits per heavy atom. The Morgan fingerprint density at radius 2 is 1.77 bits per heavy atom. The van der Waals surface area contributed by atoms with E-state index in [-0.39, 0.29) is 22.6 Å². The van der Waals surface area contributed by atoms with Gasteiger partial charge in [-0.05, 0) is 114 Å². The molecule has 0 radical (unpaired) electrons. The molecule has 3 aromatic rings. The quantitative estimate of drug-likeness (QED) is 0.289. The maximum absolute atomic E-state index is 15.1. The number of hydrogen-bond donors (Lipinski definition) is 0. The van der Waals surface area contributed by atoms with Crippen LogP contribution < -0.4 is 9.47 Å². The lowest BCUT2D eigenvalue weighted by Gasteiger charge is -2.51. The maximum Gasteiger partial charge on any atom is 0.131 e. The molecule has 0 bridgehead atoms. The molecule has 4 heteroatoms. The first kappa shape index (κ1) is 26.1. The summed E-state index contributed by atoms with van der Waals surface area (Å²) in [4.78, 5) is 11.8. The van der Waals surface area contributed by atoms with Gasteiger partial charge in [-0.15, -0.1) is 0 Å². The molecule has 0 N–H and O–H groups in total. The van der Waals surface area contributed by atoms with Crippen molar-refractivity contribution in [2.75, 3.05) is 7.11 Å². The highest BCUT2D eigenvalue weighted by Crippen LogP contribution is 2.55. The minimum Gasteiger partial charge on any atom is -0.497 e. The normalized spacial score (nSPS) is 25.1. The van der Waals surface area contributed by atoms with Gasteiger partial charge in [-0.1, -0.05) is 44.5 Å². The fraction of sp³-hybridized carbons (Fsp3) is 0.457. The SMILES string of the molecule is COc1ccc(F)c(-c2ccc(COc3ccc4c(c3)[C@]3(CCC4)CC[C@H]3C=O)cc2[C@@H]2CCCC2(C)C)c1. The third-order valence-electron chi connectivity index (χ3n) is 10.1. The maximum atomic E-state index is 15.1. The van der Waals surface area contributed by atoms with Gasteiger partial charge in [-0.2, -0.15) is 0 Å². The predicted molar refractivity (Wildman–Crippen MR) is 153 cm³/mol. The van der Waals surface area contributed by atoms with E-state index in [1.54, 1.807) is 13.2 Å². The Kier molecular flexibility index (Phi) is 6.77. The van der Waals surface area contributed by atoms with Crippen molar-refractivity contribution in [2.45, 2.75) is 83.2 Å². The monoisotopic (exact) mass is 526 g/mol. The fourth-order valence-electron chi connectivity index (χ4n) is 7.70. The highest BCUT2D eigenvalue weighted by molar-refractivity contribution is 5.71. The van der Waals surface area contributed by atoms with Crippen LogP contribution in [0.2, 0.25) is 0 Å². The van der Waals surface area contributed by atoms with Crippen molar-refractivity contribution >= 4 is 6.29 Å². The van der Waals surface area contributed by atoms with Crippen LogP contribution in [-0.4, -0.2) is 13.4 Å². The molecule has 3 nitrogen and oxygen atoms in total. The molecular formula is C35H39FO3. The molecule has 0 unspecified atom stereocenters. The van der Waals surface area contributed by atoms with Gasteiger partial charge >= 0.3 is 0 Å². The first-order chi connectivity index (χ1) is 18.8. The highest BCUT2D eigenvalue weighted by atomic mass is 19.1. The number of halogens is 1. The van der Waals surface area contributed by atoms with Crippen molar-refractivity contribution in [3.8, 4) is 22.6 Å². The Morgan fingerprint density at radius 3 is 2.49 bits per heavy atom. The van der Waals surface area contributed by atoms with Gasteiger partial charge in [-0.3, -0.25) is 0 Å². The average Bonchev–Trinajstić information content (AvgIpc) is 3.30. The van der Waals surface area contributed by atoms with Crippen LogP contribution in [0.15, 0.2) is 54.6 Å². The van der Waals surface area contributed by atoms with Crippen LogP contribution in [0, 0.1) is 17.2 Å². The molecule has 3 aliphatic carbocycles. The fourth-order valence-corrected chi connectivity index (χ4v) is 7.70. The van der Waals surface area contributed by atoms with Crippen LogP contribution in [-0.2, 0) is 23.2 Å². The van der Waals surface area contributed by atoms with E-state index in [1.165, 1.54) is 35.5 Å². The van der Waals surface area contributed by atoms with Crippen LogP contribution >= 0.6 is 0 Å². The van der Waals surface area contributed by atoms with Crippen molar-refractivity contribution in [2.24, 2.45) is 11.3 Å². The third-order valence-corrected chi connectivity index (χ3v) is 10.1. The number of aldehydes is 1. The van der Waals surface area contributed by atoms with E-state index in [2.05, 4.69) is 50.2 Å². The molecule has 0 aliphatic heterocycles. The number of hydrogen-bond acceptors (Lipinski definition) is 3. The highest BCUT2D eigenvalue weighted by Gasteiger charge is 2.49. The van der Waals surface area contributed by atoms with Gasteiger partial charge in [0.05, 0.1) is 7.11 Å². The molecule has 3 atom stereocenters. The first-order valence-corrected chi connectivity index (χ1v) is 14.5. The third kappa shape index (κ3) is 4.56. The van der Waals surface area contributed by atoms with Gasteiger partial charge < -0.3 is 14.3 Å². The van der Waals surface area contributed by atoms with Gasteiger partial charge in [0.15, 0.2) is 0 Å². The van der Waals surface area contributed by atoms with Crippen molar-refractivity contribution in [3.63, 3.8) is 0 Å². The summed E-state index contributed by atoms with van der Waals surface area (Å²) >= 11 is 0. The van der Waals surface area contributed by atoms with E-state index in [4.69, 9.17) is 9.47 Å². The zero-order valence-electron chi connectivity index (χ0n) is 23.4. The van der Waals surface area contributed by atoms with E-state index in [0.29, 0.717) is 23.8 Å². The van der Waals surface area contributed by atoms with Crippen molar-refractivity contribution in [1.29, 1.82) is 0 Å². The Bertz CT molecular complexity index is 1390. The van der Waals surface area contributed by atoms with E-state index < -0.39 is 0 Å². The second-order valence-corrected chi connectivity index (χ2v) is 12.6. The van der Waals surface area contributed by atoms with Crippen molar-refractivity contribution in [3.05, 3.63) is 82.7 Å². The second-order valence-electron chi connectivity index (χ2n) is 12.6. The van der Waals surface area contributed by atoms with Crippen LogP contribution in [0.25, 0.3) is 11.1 Å². The van der Waals surface area contributed by atoms with Crippen LogP contribution in [0.1, 0.15) is 87.0 Å². The van der Waals surface area contributed by atoms with Gasteiger partial charge in [0.25, 0.3) is 0 Å². The topological polar surface area (TPSA) is 35.5 Å². The summed E-state index contributed by atoms with van der Waals surface area (Å²) < 4.78 is 26.9. The summed E-state index contributed by atoms with van der Waals surface area (Å²) in [5.41, 5.74) is 6.66. The number of carbonyl (C=O) groups is 1. The summed E-state index contributed by atoms with van der Waals surface area (Å²) in [6, 6.07) is 17.8. The van der Waals surface area contributed by atoms with Gasteiger partial charge in [-0.25, -0.2) is 4.39 Å². The van der Waals surface area contributed by atoms with Crippen LogP contribution in [0.4, 0.5) is 4.39 Å². The van der Waals surface area contributed by atoms with E-state index in [0.717, 1.165) is 61.8 Å². The lowest BCUT2D eigenvalue weighted by molar-refractivity contribution is -0.117. The zero-order chi connectivity index (χ0) is 27.2. The number of methoxy groups -OCH3 is 1. The molecule has 3 aliphatic rings. The zero-order valence-corrected chi connectivity index (χ0v) is 23.4. The van der Waals surface area contributed by atoms with Crippen LogP contribution in [0.3, 0.4) is 0 Å². The number of rotatable bonds is 7. The van der Waals surface area contributed by atoms with Gasteiger partial charge in [0.2, 0.25) is 0 Å². The minimum absolute atomic E-state index is 0.0123. The van der Waals surface area contributed by atoms with Crippen molar-refractivity contribution < 1.29 is 18.7 Å². The number of aryl methyl sites for hydroxylation is 1. The first-order valence-electron chi connectivity index (χ1n) is 14.5. The van der Waals surface area contributed by atoms with Crippen molar-refractivity contribution in [1.82, 2.24) is 0 Å². The lowest BCUT2D eigenvalue weighted by Crippen LogP contribution is -2.47. The molecule has 204 valence electrons. The summed E-state index contributed by atoms with van der Waals surface area (Å²) in [7, 11) is 1.62. The Hall–Kier alpha value is -3.14. The minimum atomic E-state index is -0.232. The molecule has 1 spiro atoms. The number of fused-ring (bicyclic) bond motifs is 2. The molecule has 0 aromatic heterocycles. The Labute approximate surface area is 231 Å². The average molecular weight is 527 g/mol. The summed E-state index contributed by atoms with van der Waals surface area (Å²) in [6.07, 6.45) is 10.0. The molecule has 0 saturated heterocycles. The number of carbonyl (C=O) groups excluding carboxylic acids is 1. The smallest absolute Gasteiger partial charge is 0.131 e. The summed E-state index contributed by atoms with van der Waals surface area (Å²) in [5.74, 6) is 1.76. The molecule has 39 heavy (non-hydrogen) atoms. The molecule has 0 heterocycles. The Balaban J connectivity index is 1.31. The second kappa shape index (κ2) is 10.1. The van der Waals surface area contributed by atoms with Crippen LogP contribution in [0.5, 0.6) is 11.5 Å². The molecule has 6 rings (SSSR count). The number of benzene rings is 3. The molecular weight excluding hydrogens is 487 g/mol. The largest absolute Gasteiger partial charge is 0.497 e. The van der Waals surface area contributed by atoms with Gasteiger partial charge in [0.1, 0.15) is 30.2 Å². The molecule has 2 fully saturated rings. The standard InChI is InChI=1S/C35H39FO3/c1-34(2)15-5-7-31(34)29-18-23(8-12-28(29)30-19-26(38-3)11-13-33(30)36)22-39-27-10-9-24-6-4-16-35(32(24)20-27)17-14-25(35)21-37/h8-13,18-21,25,31H,4-7,14-17,22H2,1-3H3/t25-,31-,35+/m0/s1. The lowest BCUT2D eigenvalue weighted by atomic mass is 9.52. The molecule has 0 amide bonds. The molecule has 2 saturated carbocycles. The predicted octanol–water partition coefficient (Wildman–Crippen LogP) is 8.56.